The zero-order valence-electron chi connectivity index (χ0n) is 17.5. The summed E-state index contributed by atoms with van der Waals surface area (Å²) in [5.41, 5.74) is 1.86. The average Bonchev–Trinajstić information content (AvgIpc) is 3.04. The highest BCUT2D eigenvalue weighted by Crippen LogP contribution is 2.53. The number of fused-ring (bicyclic) bond motifs is 1. The van der Waals surface area contributed by atoms with Gasteiger partial charge in [0.25, 0.3) is 11.5 Å². The van der Waals surface area contributed by atoms with Gasteiger partial charge in [-0.2, -0.15) is 0 Å². The lowest BCUT2D eigenvalue weighted by Gasteiger charge is -2.40. The van der Waals surface area contributed by atoms with Gasteiger partial charge in [0, 0.05) is 25.8 Å². The Bertz CT molecular complexity index is 981. The van der Waals surface area contributed by atoms with Crippen molar-refractivity contribution in [1.29, 1.82) is 0 Å². The minimum atomic E-state index is -1.14. The molecule has 4 nitrogen and oxygen atoms in total. The molecular formula is C26H27NO3. The third-order valence-corrected chi connectivity index (χ3v) is 5.24. The second kappa shape index (κ2) is 8.82. The molecule has 0 bridgehead atoms. The van der Waals surface area contributed by atoms with Crippen molar-refractivity contribution in [3.05, 3.63) is 102 Å². The van der Waals surface area contributed by atoms with E-state index < -0.39 is 11.5 Å². The van der Waals surface area contributed by atoms with E-state index in [1.165, 1.54) is 0 Å². The van der Waals surface area contributed by atoms with Gasteiger partial charge in [-0.25, -0.2) is 4.99 Å². The van der Waals surface area contributed by atoms with Crippen LogP contribution in [0.5, 0.6) is 5.75 Å². The first-order valence-corrected chi connectivity index (χ1v) is 10.4. The summed E-state index contributed by atoms with van der Waals surface area (Å²) in [5.74, 6) is -0.408. The fourth-order valence-electron chi connectivity index (χ4n) is 4.02. The molecule has 1 heterocycles. The van der Waals surface area contributed by atoms with E-state index in [-0.39, 0.29) is 0 Å². The van der Waals surface area contributed by atoms with Gasteiger partial charge < -0.3 is 14.2 Å². The summed E-state index contributed by atoms with van der Waals surface area (Å²) >= 11 is 0. The minimum Gasteiger partial charge on any atom is -0.459 e. The molecule has 3 aromatic rings. The molecule has 0 N–H and O–H groups in total. The van der Waals surface area contributed by atoms with Gasteiger partial charge in [0.2, 0.25) is 0 Å². The Labute approximate surface area is 178 Å². The molecule has 1 aliphatic heterocycles. The number of hydrogen-bond acceptors (Lipinski definition) is 4. The van der Waals surface area contributed by atoms with Crippen LogP contribution in [0.2, 0.25) is 0 Å². The van der Waals surface area contributed by atoms with E-state index in [2.05, 4.69) is 12.1 Å². The summed E-state index contributed by atoms with van der Waals surface area (Å²) in [6.07, 6.45) is 2.35. The summed E-state index contributed by atoms with van der Waals surface area (Å²) in [5, 5.41) is 0. The third kappa shape index (κ3) is 3.64. The Balaban J connectivity index is 1.89. The van der Waals surface area contributed by atoms with Crippen LogP contribution in [-0.2, 0) is 21.7 Å². The smallest absolute Gasteiger partial charge is 0.262 e. The first-order chi connectivity index (χ1) is 14.7. The fraction of sp³-hybridized carbons (Fsp3) is 0.269. The highest BCUT2D eigenvalue weighted by molar-refractivity contribution is 5.80. The number of benzene rings is 3. The van der Waals surface area contributed by atoms with Crippen LogP contribution in [0.25, 0.3) is 0 Å². The molecule has 0 aliphatic carbocycles. The molecule has 3 aromatic carbocycles. The van der Waals surface area contributed by atoms with E-state index in [1.54, 1.807) is 0 Å². The molecule has 0 saturated carbocycles. The van der Waals surface area contributed by atoms with Crippen molar-refractivity contribution in [3.63, 3.8) is 0 Å². The summed E-state index contributed by atoms with van der Waals surface area (Å²) in [4.78, 5) is 5.03. The Morgan fingerprint density at radius 2 is 1.40 bits per heavy atom. The van der Waals surface area contributed by atoms with Crippen LogP contribution in [0.3, 0.4) is 0 Å². The predicted molar refractivity (Wildman–Crippen MR) is 119 cm³/mol. The van der Waals surface area contributed by atoms with Gasteiger partial charge in [0.15, 0.2) is 0 Å². The third-order valence-electron chi connectivity index (χ3n) is 5.24. The number of aliphatic imine (C=N–C) groups is 1. The summed E-state index contributed by atoms with van der Waals surface area (Å²) in [6, 6.07) is 28.1. The molecule has 1 aliphatic rings. The number of hydrogen-bond donors (Lipinski definition) is 0. The maximum atomic E-state index is 6.59. The van der Waals surface area contributed by atoms with Crippen LogP contribution in [0.1, 0.15) is 30.5 Å². The second-order valence-corrected chi connectivity index (χ2v) is 7.20. The van der Waals surface area contributed by atoms with Crippen molar-refractivity contribution in [2.24, 2.45) is 4.99 Å². The van der Waals surface area contributed by atoms with Crippen molar-refractivity contribution >= 4 is 6.21 Å². The Morgan fingerprint density at radius 3 is 2.07 bits per heavy atom. The summed E-state index contributed by atoms with van der Waals surface area (Å²) < 4.78 is 19.3. The van der Waals surface area contributed by atoms with E-state index in [0.717, 1.165) is 22.4 Å². The number of ether oxygens (including phenoxy) is 3. The molecule has 154 valence electrons. The highest BCUT2D eigenvalue weighted by Gasteiger charge is 2.63. The largest absolute Gasteiger partial charge is 0.459 e. The van der Waals surface area contributed by atoms with Crippen molar-refractivity contribution < 1.29 is 14.2 Å². The van der Waals surface area contributed by atoms with E-state index >= 15 is 0 Å². The molecule has 4 heteroatoms. The standard InChI is InChI=1S/C26H27NO3/c1-3-28-26(29-4-2)23-17-11-12-18-24(23)30-25(26,19-21-13-7-5-8-14-21)27-20-22-15-9-6-10-16-22/h5-18,20H,3-4,19H2,1-2H3/b27-20+. The fourth-order valence-corrected chi connectivity index (χ4v) is 4.02. The zero-order chi connectivity index (χ0) is 20.9. The SMILES string of the molecule is CCOC1(OCC)c2ccccc2OC1(Cc1ccccc1)/N=C/c1ccccc1. The van der Waals surface area contributed by atoms with Crippen LogP contribution < -0.4 is 4.74 Å². The van der Waals surface area contributed by atoms with E-state index in [9.17, 15) is 0 Å². The maximum absolute atomic E-state index is 6.59. The van der Waals surface area contributed by atoms with Crippen LogP contribution in [-0.4, -0.2) is 25.2 Å². The first-order valence-electron chi connectivity index (χ1n) is 10.4. The van der Waals surface area contributed by atoms with E-state index in [0.29, 0.717) is 19.6 Å². The molecule has 1 atom stereocenters. The van der Waals surface area contributed by atoms with E-state index in [4.69, 9.17) is 19.2 Å². The average molecular weight is 402 g/mol. The van der Waals surface area contributed by atoms with Gasteiger partial charge in [-0.3, -0.25) is 0 Å². The van der Waals surface area contributed by atoms with Crippen molar-refractivity contribution in [2.75, 3.05) is 13.2 Å². The summed E-state index contributed by atoms with van der Waals surface area (Å²) in [6.45, 7) is 4.87. The molecule has 0 fully saturated rings. The van der Waals surface area contributed by atoms with Gasteiger partial charge in [0.05, 0.1) is 5.56 Å². The molecule has 30 heavy (non-hydrogen) atoms. The topological polar surface area (TPSA) is 40.0 Å². The molecule has 4 rings (SSSR count). The number of nitrogens with zero attached hydrogens (tertiary/aromatic N) is 1. The zero-order valence-corrected chi connectivity index (χ0v) is 17.5. The van der Waals surface area contributed by atoms with Crippen molar-refractivity contribution in [3.8, 4) is 5.75 Å². The van der Waals surface area contributed by atoms with Crippen LogP contribution in [0.4, 0.5) is 0 Å². The molecule has 0 radical (unpaired) electrons. The van der Waals surface area contributed by atoms with Gasteiger partial charge in [0.1, 0.15) is 5.75 Å². The molecule has 0 spiro atoms. The van der Waals surface area contributed by atoms with Crippen LogP contribution >= 0.6 is 0 Å². The second-order valence-electron chi connectivity index (χ2n) is 7.20. The van der Waals surface area contributed by atoms with Crippen molar-refractivity contribution in [2.45, 2.75) is 31.8 Å². The van der Waals surface area contributed by atoms with Gasteiger partial charge in [-0.05, 0) is 37.1 Å². The lowest BCUT2D eigenvalue weighted by Crippen LogP contribution is -2.55. The predicted octanol–water partition coefficient (Wildman–Crippen LogP) is 5.36. The molecular weight excluding hydrogens is 374 g/mol. The Kier molecular flexibility index (Phi) is 5.98. The number of rotatable bonds is 8. The first kappa shape index (κ1) is 20.3. The van der Waals surface area contributed by atoms with E-state index in [1.807, 2.05) is 92.9 Å². The molecule has 1 unspecified atom stereocenters. The van der Waals surface area contributed by atoms with Gasteiger partial charge in [-0.15, -0.1) is 0 Å². The lowest BCUT2D eigenvalue weighted by atomic mass is 9.90. The lowest BCUT2D eigenvalue weighted by molar-refractivity contribution is -0.304. The van der Waals surface area contributed by atoms with Crippen LogP contribution in [0, 0.1) is 0 Å². The Hall–Kier alpha value is -2.95. The van der Waals surface area contributed by atoms with Crippen LogP contribution in [0.15, 0.2) is 89.9 Å². The molecule has 0 aromatic heterocycles. The normalized spacial score (nSPS) is 19.5. The van der Waals surface area contributed by atoms with Gasteiger partial charge >= 0.3 is 0 Å². The number of para-hydroxylation sites is 1. The maximum Gasteiger partial charge on any atom is 0.262 e. The quantitative estimate of drug-likeness (QED) is 0.377. The van der Waals surface area contributed by atoms with Gasteiger partial charge in [-0.1, -0.05) is 72.8 Å². The summed E-state index contributed by atoms with van der Waals surface area (Å²) in [7, 11) is 0. The Morgan fingerprint density at radius 1 is 0.800 bits per heavy atom. The highest BCUT2D eigenvalue weighted by atomic mass is 16.7. The van der Waals surface area contributed by atoms with Crippen molar-refractivity contribution in [1.82, 2.24) is 0 Å². The minimum absolute atomic E-state index is 0.467. The molecule has 0 saturated heterocycles. The molecule has 0 amide bonds. The monoisotopic (exact) mass is 401 g/mol.